The summed E-state index contributed by atoms with van der Waals surface area (Å²) in [5, 5.41) is 5.50. The highest BCUT2D eigenvalue weighted by atomic mass is 16.2. The van der Waals surface area contributed by atoms with Gasteiger partial charge in [-0.25, -0.2) is 0 Å². The number of benzene rings is 1. The van der Waals surface area contributed by atoms with Crippen molar-refractivity contribution < 1.29 is 14.4 Å². The van der Waals surface area contributed by atoms with Crippen LogP contribution in [-0.4, -0.2) is 41.8 Å². The first-order valence-electron chi connectivity index (χ1n) is 7.77. The molecule has 0 aliphatic carbocycles. The molecule has 1 atom stereocenters. The molecule has 1 unspecified atom stereocenters. The molecule has 4 N–H and O–H groups in total. The smallest absolute Gasteiger partial charge is 0.255 e. The molecule has 1 saturated heterocycles. The van der Waals surface area contributed by atoms with Gasteiger partial charge in [-0.2, -0.15) is 0 Å². The maximum atomic E-state index is 12.6. The molecule has 7 nitrogen and oxygen atoms in total. The summed E-state index contributed by atoms with van der Waals surface area (Å²) >= 11 is 0. The van der Waals surface area contributed by atoms with Crippen molar-refractivity contribution in [1.82, 2.24) is 15.5 Å². The molecule has 0 spiro atoms. The van der Waals surface area contributed by atoms with Crippen molar-refractivity contribution in [1.29, 1.82) is 0 Å². The third-order valence-corrected chi connectivity index (χ3v) is 4.24. The van der Waals surface area contributed by atoms with Gasteiger partial charge in [0.1, 0.15) is 6.04 Å². The molecule has 1 aromatic rings. The molecule has 2 heterocycles. The molecule has 2 aliphatic heterocycles. The van der Waals surface area contributed by atoms with E-state index in [4.69, 9.17) is 5.73 Å². The SMILES string of the molecule is NCCNCc1ccc2c(c1)C(=O)N(C1CCC(=O)NC1=O)C2. The number of nitrogens with one attached hydrogen (secondary N) is 2. The standard InChI is InChI=1S/C16H20N4O3/c17-5-6-18-8-10-1-2-11-9-20(16(23)12(11)7-10)13-3-4-14(21)19-15(13)22/h1-2,7,13,18H,3-6,8-9,17H2,(H,19,21,22). The lowest BCUT2D eigenvalue weighted by Crippen LogP contribution is -2.52. The monoisotopic (exact) mass is 316 g/mol. The lowest BCUT2D eigenvalue weighted by atomic mass is 10.0. The molecule has 1 fully saturated rings. The number of nitrogens with two attached hydrogens (primary N) is 1. The molecule has 0 saturated carbocycles. The molecule has 0 aromatic heterocycles. The minimum atomic E-state index is -0.564. The van der Waals surface area contributed by atoms with Gasteiger partial charge in [-0.05, 0) is 23.6 Å². The average Bonchev–Trinajstić information content (AvgIpc) is 2.84. The number of amides is 3. The summed E-state index contributed by atoms with van der Waals surface area (Å²) < 4.78 is 0. The van der Waals surface area contributed by atoms with Crippen LogP contribution in [0.4, 0.5) is 0 Å². The van der Waals surface area contributed by atoms with E-state index in [-0.39, 0.29) is 24.1 Å². The van der Waals surface area contributed by atoms with Gasteiger partial charge in [0.15, 0.2) is 0 Å². The number of piperidine rings is 1. The molecule has 23 heavy (non-hydrogen) atoms. The summed E-state index contributed by atoms with van der Waals surface area (Å²) in [5.41, 5.74) is 8.01. The van der Waals surface area contributed by atoms with Gasteiger partial charge in [-0.15, -0.1) is 0 Å². The fourth-order valence-electron chi connectivity index (χ4n) is 3.05. The van der Waals surface area contributed by atoms with Crippen LogP contribution in [0.25, 0.3) is 0 Å². The summed E-state index contributed by atoms with van der Waals surface area (Å²) in [5.74, 6) is -0.800. The van der Waals surface area contributed by atoms with Gasteiger partial charge in [0.2, 0.25) is 11.8 Å². The van der Waals surface area contributed by atoms with Crippen LogP contribution in [0.3, 0.4) is 0 Å². The topological polar surface area (TPSA) is 105 Å². The van der Waals surface area contributed by atoms with Crippen molar-refractivity contribution in [3.63, 3.8) is 0 Å². The van der Waals surface area contributed by atoms with Crippen molar-refractivity contribution in [3.05, 3.63) is 34.9 Å². The van der Waals surface area contributed by atoms with Crippen LogP contribution in [0.2, 0.25) is 0 Å². The normalized spacial score (nSPS) is 20.7. The molecule has 2 aliphatic rings. The van der Waals surface area contributed by atoms with E-state index in [2.05, 4.69) is 10.6 Å². The van der Waals surface area contributed by atoms with Crippen molar-refractivity contribution in [2.45, 2.75) is 32.0 Å². The molecule has 3 amide bonds. The largest absolute Gasteiger partial charge is 0.329 e. The van der Waals surface area contributed by atoms with E-state index in [9.17, 15) is 14.4 Å². The summed E-state index contributed by atoms with van der Waals surface area (Å²) in [6, 6.07) is 5.21. The highest BCUT2D eigenvalue weighted by Crippen LogP contribution is 2.28. The molecule has 122 valence electrons. The van der Waals surface area contributed by atoms with Crippen LogP contribution in [0, 0.1) is 0 Å². The summed E-state index contributed by atoms with van der Waals surface area (Å²) in [6.07, 6.45) is 0.653. The van der Waals surface area contributed by atoms with Crippen molar-refractivity contribution in [2.75, 3.05) is 13.1 Å². The van der Waals surface area contributed by atoms with Crippen molar-refractivity contribution >= 4 is 17.7 Å². The molecular weight excluding hydrogens is 296 g/mol. The van der Waals surface area contributed by atoms with Gasteiger partial charge >= 0.3 is 0 Å². The molecule has 0 bridgehead atoms. The zero-order valence-electron chi connectivity index (χ0n) is 12.8. The van der Waals surface area contributed by atoms with E-state index in [1.807, 2.05) is 18.2 Å². The highest BCUT2D eigenvalue weighted by molar-refractivity contribution is 6.05. The molecule has 0 radical (unpaired) electrons. The molecule has 1 aromatic carbocycles. The van der Waals surface area contributed by atoms with Gasteiger partial charge in [0.05, 0.1) is 0 Å². The number of hydrogen-bond donors (Lipinski definition) is 3. The molecule has 3 rings (SSSR count). The first-order valence-corrected chi connectivity index (χ1v) is 7.77. The average molecular weight is 316 g/mol. The Bertz CT molecular complexity index is 659. The fraction of sp³-hybridized carbons (Fsp3) is 0.438. The highest BCUT2D eigenvalue weighted by Gasteiger charge is 2.38. The predicted molar refractivity (Wildman–Crippen MR) is 83.2 cm³/mol. The van der Waals surface area contributed by atoms with Crippen LogP contribution >= 0.6 is 0 Å². The zero-order chi connectivity index (χ0) is 16.4. The van der Waals surface area contributed by atoms with Crippen LogP contribution in [0.15, 0.2) is 18.2 Å². The van der Waals surface area contributed by atoms with Crippen molar-refractivity contribution in [3.8, 4) is 0 Å². The van der Waals surface area contributed by atoms with E-state index in [0.717, 1.165) is 11.1 Å². The van der Waals surface area contributed by atoms with Crippen LogP contribution in [0.1, 0.15) is 34.3 Å². The Morgan fingerprint density at radius 1 is 1.30 bits per heavy atom. The van der Waals surface area contributed by atoms with Gasteiger partial charge in [0, 0.05) is 38.2 Å². The molecule has 7 heteroatoms. The van der Waals surface area contributed by atoms with Crippen LogP contribution in [0.5, 0.6) is 0 Å². The number of imide groups is 1. The second-order valence-corrected chi connectivity index (χ2v) is 5.86. The first-order chi connectivity index (χ1) is 11.1. The number of carbonyl (C=O) groups is 3. The van der Waals surface area contributed by atoms with Crippen LogP contribution in [-0.2, 0) is 22.7 Å². The van der Waals surface area contributed by atoms with Gasteiger partial charge in [-0.3, -0.25) is 19.7 Å². The Balaban J connectivity index is 1.74. The van der Waals surface area contributed by atoms with E-state index in [1.165, 1.54) is 0 Å². The minimum absolute atomic E-state index is 0.143. The van der Waals surface area contributed by atoms with E-state index < -0.39 is 6.04 Å². The second kappa shape index (κ2) is 6.47. The number of carbonyl (C=O) groups excluding carboxylic acids is 3. The number of hydrogen-bond acceptors (Lipinski definition) is 5. The third kappa shape index (κ3) is 3.11. The Labute approximate surface area is 134 Å². The second-order valence-electron chi connectivity index (χ2n) is 5.86. The Morgan fingerprint density at radius 2 is 2.13 bits per heavy atom. The predicted octanol–water partition coefficient (Wildman–Crippen LogP) is -0.504. The number of nitrogens with zero attached hydrogens (tertiary/aromatic N) is 1. The quantitative estimate of drug-likeness (QED) is 0.501. The van der Waals surface area contributed by atoms with Gasteiger partial charge < -0.3 is 16.0 Å². The summed E-state index contributed by atoms with van der Waals surface area (Å²) in [4.78, 5) is 37.4. The third-order valence-electron chi connectivity index (χ3n) is 4.24. The Kier molecular flexibility index (Phi) is 4.40. The maximum Gasteiger partial charge on any atom is 0.255 e. The Hall–Kier alpha value is -2.25. The maximum absolute atomic E-state index is 12.6. The van der Waals surface area contributed by atoms with E-state index in [0.29, 0.717) is 38.2 Å². The van der Waals surface area contributed by atoms with E-state index >= 15 is 0 Å². The summed E-state index contributed by atoms with van der Waals surface area (Å²) in [6.45, 7) is 2.34. The van der Waals surface area contributed by atoms with Gasteiger partial charge in [-0.1, -0.05) is 12.1 Å². The minimum Gasteiger partial charge on any atom is -0.329 e. The first kappa shape index (κ1) is 15.6. The lowest BCUT2D eigenvalue weighted by molar-refractivity contribution is -0.136. The van der Waals surface area contributed by atoms with Crippen LogP contribution < -0.4 is 16.4 Å². The lowest BCUT2D eigenvalue weighted by Gasteiger charge is -2.29. The van der Waals surface area contributed by atoms with Gasteiger partial charge in [0.25, 0.3) is 5.91 Å². The number of fused-ring (bicyclic) bond motifs is 1. The Morgan fingerprint density at radius 3 is 2.87 bits per heavy atom. The van der Waals surface area contributed by atoms with Crippen molar-refractivity contribution in [2.24, 2.45) is 5.73 Å². The van der Waals surface area contributed by atoms with E-state index in [1.54, 1.807) is 4.90 Å². The number of rotatable bonds is 5. The zero-order valence-corrected chi connectivity index (χ0v) is 12.8. The summed E-state index contributed by atoms with van der Waals surface area (Å²) in [7, 11) is 0. The molecular formula is C16H20N4O3. The fourth-order valence-corrected chi connectivity index (χ4v) is 3.05.